The fourth-order valence-corrected chi connectivity index (χ4v) is 6.17. The fraction of sp³-hybridized carbons (Fsp3) is 0.312. The van der Waals surface area contributed by atoms with Crippen molar-refractivity contribution in [3.05, 3.63) is 81.9 Å². The minimum absolute atomic E-state index is 0.00695. The third kappa shape index (κ3) is 5.60. The van der Waals surface area contributed by atoms with Crippen LogP contribution in [0.4, 0.5) is 5.13 Å². The van der Waals surface area contributed by atoms with E-state index in [1.165, 1.54) is 11.0 Å². The standard InChI is InChI=1S/C32H32N2O8S/c1-6-13-41-31(38)29-18(5)33-32(43-29)34-26(19-9-12-23(39-7-2)24(16-19)40-8-3)25(28(36)30(34)37)27(35)20-10-11-22-21(15-20)14-17(4)42-22/h6,9-12,15-17,26,35H,1,7-8,13-14H2,2-5H3/b27-25-. The summed E-state index contributed by atoms with van der Waals surface area (Å²) < 4.78 is 22.5. The molecule has 11 heteroatoms. The fourth-order valence-electron chi connectivity index (χ4n) is 5.18. The molecule has 2 atom stereocenters. The molecule has 43 heavy (non-hydrogen) atoms. The van der Waals surface area contributed by atoms with E-state index in [4.69, 9.17) is 18.9 Å². The van der Waals surface area contributed by atoms with E-state index in [-0.39, 0.29) is 34.1 Å². The molecule has 1 fully saturated rings. The number of rotatable bonds is 10. The predicted octanol–water partition coefficient (Wildman–Crippen LogP) is 5.54. The molecule has 2 aliphatic heterocycles. The minimum atomic E-state index is -1.08. The van der Waals surface area contributed by atoms with Crippen LogP contribution in [0.5, 0.6) is 17.2 Å². The number of aliphatic hydroxyl groups excluding tert-OH is 1. The molecule has 10 nitrogen and oxygen atoms in total. The third-order valence-corrected chi connectivity index (χ3v) is 8.14. The normalized spacial score (nSPS) is 18.7. The lowest BCUT2D eigenvalue weighted by Gasteiger charge is -2.24. The average Bonchev–Trinajstić information content (AvgIpc) is 3.64. The molecule has 224 valence electrons. The van der Waals surface area contributed by atoms with E-state index in [1.807, 2.05) is 20.8 Å². The van der Waals surface area contributed by atoms with Gasteiger partial charge in [0.25, 0.3) is 5.78 Å². The molecule has 0 aliphatic carbocycles. The highest BCUT2D eigenvalue weighted by atomic mass is 32.1. The summed E-state index contributed by atoms with van der Waals surface area (Å²) in [7, 11) is 0. The quantitative estimate of drug-likeness (QED) is 0.104. The Morgan fingerprint density at radius 2 is 1.91 bits per heavy atom. The van der Waals surface area contributed by atoms with Crippen molar-refractivity contribution >= 4 is 39.9 Å². The Hall–Kier alpha value is -4.64. The highest BCUT2D eigenvalue weighted by Crippen LogP contribution is 2.46. The first-order chi connectivity index (χ1) is 20.7. The summed E-state index contributed by atoms with van der Waals surface area (Å²) >= 11 is 0.928. The van der Waals surface area contributed by atoms with E-state index in [1.54, 1.807) is 43.3 Å². The van der Waals surface area contributed by atoms with Gasteiger partial charge < -0.3 is 24.1 Å². The Labute approximate surface area is 253 Å². The first-order valence-electron chi connectivity index (χ1n) is 13.9. The first-order valence-corrected chi connectivity index (χ1v) is 14.8. The van der Waals surface area contributed by atoms with Gasteiger partial charge in [0.05, 0.1) is 30.5 Å². The summed E-state index contributed by atoms with van der Waals surface area (Å²) in [6, 6.07) is 9.18. The van der Waals surface area contributed by atoms with E-state index in [0.717, 1.165) is 16.9 Å². The highest BCUT2D eigenvalue weighted by molar-refractivity contribution is 7.17. The highest BCUT2D eigenvalue weighted by Gasteiger charge is 2.49. The van der Waals surface area contributed by atoms with Gasteiger partial charge in [-0.15, -0.1) is 0 Å². The zero-order valence-corrected chi connectivity index (χ0v) is 25.2. The van der Waals surface area contributed by atoms with Crippen molar-refractivity contribution in [1.82, 2.24) is 4.98 Å². The van der Waals surface area contributed by atoms with Crippen molar-refractivity contribution in [3.8, 4) is 17.2 Å². The number of ether oxygens (including phenoxy) is 4. The van der Waals surface area contributed by atoms with Crippen LogP contribution in [0.2, 0.25) is 0 Å². The summed E-state index contributed by atoms with van der Waals surface area (Å²) in [6.45, 7) is 11.6. The molecular formula is C32H32N2O8S. The Morgan fingerprint density at radius 3 is 2.63 bits per heavy atom. The van der Waals surface area contributed by atoms with E-state index < -0.39 is 23.7 Å². The van der Waals surface area contributed by atoms with Gasteiger partial charge in [-0.1, -0.05) is 30.1 Å². The molecule has 0 radical (unpaired) electrons. The molecule has 3 aromatic rings. The lowest BCUT2D eigenvalue weighted by atomic mass is 9.94. The third-order valence-electron chi connectivity index (χ3n) is 7.01. The van der Waals surface area contributed by atoms with Gasteiger partial charge in [-0.25, -0.2) is 9.78 Å². The van der Waals surface area contributed by atoms with E-state index >= 15 is 0 Å². The van der Waals surface area contributed by atoms with Gasteiger partial charge in [-0.05, 0) is 69.2 Å². The maximum Gasteiger partial charge on any atom is 0.350 e. The maximum absolute atomic E-state index is 13.7. The van der Waals surface area contributed by atoms with Crippen LogP contribution in [-0.2, 0) is 20.7 Å². The summed E-state index contributed by atoms with van der Waals surface area (Å²) in [5.74, 6) is -1.11. The molecular weight excluding hydrogens is 572 g/mol. The number of anilines is 1. The largest absolute Gasteiger partial charge is 0.507 e. The average molecular weight is 605 g/mol. The van der Waals surface area contributed by atoms with Gasteiger partial charge in [0.1, 0.15) is 29.1 Å². The van der Waals surface area contributed by atoms with Crippen molar-refractivity contribution in [2.45, 2.75) is 46.3 Å². The topological polar surface area (TPSA) is 124 Å². The van der Waals surface area contributed by atoms with Gasteiger partial charge in [0.2, 0.25) is 0 Å². The number of fused-ring (bicyclic) bond motifs is 1. The summed E-state index contributed by atoms with van der Waals surface area (Å²) in [4.78, 5) is 46.0. The SMILES string of the molecule is C=CCOC(=O)c1sc(N2C(=O)C(=O)/C(=C(\O)c3ccc4c(c3)CC(C)O4)C2c2ccc(OCC)c(OCC)c2)nc1C. The smallest absolute Gasteiger partial charge is 0.350 e. The predicted molar refractivity (Wildman–Crippen MR) is 161 cm³/mol. The number of aryl methyl sites for hydroxylation is 1. The lowest BCUT2D eigenvalue weighted by molar-refractivity contribution is -0.132. The molecule has 2 aliphatic rings. The number of hydrogen-bond acceptors (Lipinski definition) is 10. The molecule has 1 saturated heterocycles. The second-order valence-electron chi connectivity index (χ2n) is 9.99. The second kappa shape index (κ2) is 12.3. The first kappa shape index (κ1) is 29.8. The molecule has 1 amide bonds. The molecule has 3 heterocycles. The van der Waals surface area contributed by atoms with Crippen molar-refractivity contribution in [1.29, 1.82) is 0 Å². The molecule has 2 unspecified atom stereocenters. The molecule has 2 aromatic carbocycles. The molecule has 0 saturated carbocycles. The molecule has 0 spiro atoms. The van der Waals surface area contributed by atoms with Crippen LogP contribution in [0.25, 0.3) is 5.76 Å². The number of carbonyl (C=O) groups is 3. The van der Waals surface area contributed by atoms with Gasteiger partial charge >= 0.3 is 11.9 Å². The van der Waals surface area contributed by atoms with E-state index in [9.17, 15) is 19.5 Å². The molecule has 5 rings (SSSR count). The summed E-state index contributed by atoms with van der Waals surface area (Å²) in [5.41, 5.74) is 1.96. The number of aromatic nitrogens is 1. The van der Waals surface area contributed by atoms with Gasteiger partial charge in [0.15, 0.2) is 16.6 Å². The van der Waals surface area contributed by atoms with Gasteiger partial charge in [0, 0.05) is 12.0 Å². The second-order valence-corrected chi connectivity index (χ2v) is 11.0. The van der Waals surface area contributed by atoms with Crippen molar-refractivity contribution in [2.24, 2.45) is 0 Å². The van der Waals surface area contributed by atoms with Crippen LogP contribution in [0.3, 0.4) is 0 Å². The number of benzene rings is 2. The number of carbonyl (C=O) groups excluding carboxylic acids is 3. The Morgan fingerprint density at radius 1 is 1.16 bits per heavy atom. The monoisotopic (exact) mass is 604 g/mol. The van der Waals surface area contributed by atoms with Gasteiger partial charge in [-0.2, -0.15) is 0 Å². The van der Waals surface area contributed by atoms with Crippen LogP contribution in [0.1, 0.15) is 58.9 Å². The maximum atomic E-state index is 13.7. The molecule has 1 aromatic heterocycles. The zero-order chi connectivity index (χ0) is 30.8. The summed E-state index contributed by atoms with van der Waals surface area (Å²) in [6.07, 6.45) is 2.08. The minimum Gasteiger partial charge on any atom is -0.507 e. The van der Waals surface area contributed by atoms with Crippen molar-refractivity contribution in [3.63, 3.8) is 0 Å². The zero-order valence-electron chi connectivity index (χ0n) is 24.3. The number of aliphatic hydroxyl groups is 1. The number of Topliss-reactive ketones (excluding diaryl/α,β-unsaturated/α-hetero) is 1. The Bertz CT molecular complexity index is 1640. The van der Waals surface area contributed by atoms with E-state index in [0.29, 0.717) is 53.7 Å². The van der Waals surface area contributed by atoms with Crippen LogP contribution >= 0.6 is 11.3 Å². The van der Waals surface area contributed by atoms with Crippen molar-refractivity contribution in [2.75, 3.05) is 24.7 Å². The van der Waals surface area contributed by atoms with Crippen LogP contribution in [-0.4, -0.2) is 53.7 Å². The van der Waals surface area contributed by atoms with E-state index in [2.05, 4.69) is 11.6 Å². The number of nitrogens with zero attached hydrogens (tertiary/aromatic N) is 2. The number of esters is 1. The number of amides is 1. The Balaban J connectivity index is 1.68. The van der Waals surface area contributed by atoms with Crippen molar-refractivity contribution < 1.29 is 38.4 Å². The number of hydrogen-bond donors (Lipinski definition) is 1. The summed E-state index contributed by atoms with van der Waals surface area (Å²) in [5, 5.41) is 11.7. The van der Waals surface area contributed by atoms with Crippen LogP contribution in [0, 0.1) is 6.92 Å². The van der Waals surface area contributed by atoms with Crippen LogP contribution in [0.15, 0.2) is 54.6 Å². The number of ketones is 1. The lowest BCUT2D eigenvalue weighted by Crippen LogP contribution is -2.29. The van der Waals surface area contributed by atoms with Crippen LogP contribution < -0.4 is 19.1 Å². The van der Waals surface area contributed by atoms with Gasteiger partial charge in [-0.3, -0.25) is 14.5 Å². The molecule has 0 bridgehead atoms. The number of thiazole rings is 1. The molecule has 1 N–H and O–H groups in total. The Kier molecular flexibility index (Phi) is 8.54.